The summed E-state index contributed by atoms with van der Waals surface area (Å²) in [6.45, 7) is 2.71. The van der Waals surface area contributed by atoms with Crippen molar-refractivity contribution in [1.82, 2.24) is 10.2 Å². The smallest absolute Gasteiger partial charge is 0.240 e. The third-order valence-electron chi connectivity index (χ3n) is 4.05. The van der Waals surface area contributed by atoms with Crippen molar-refractivity contribution in [2.45, 2.75) is 38.3 Å². The highest BCUT2D eigenvalue weighted by Gasteiger charge is 2.28. The van der Waals surface area contributed by atoms with Crippen molar-refractivity contribution in [2.24, 2.45) is 0 Å². The Hall–Kier alpha value is -1.35. The van der Waals surface area contributed by atoms with Crippen LogP contribution in [0.5, 0.6) is 0 Å². The van der Waals surface area contributed by atoms with Crippen LogP contribution in [0.25, 0.3) is 0 Å². The Labute approximate surface area is 108 Å². The van der Waals surface area contributed by atoms with E-state index < -0.39 is 0 Å². The molecule has 2 aliphatic heterocycles. The highest BCUT2D eigenvalue weighted by Crippen LogP contribution is 2.18. The lowest BCUT2D eigenvalue weighted by Crippen LogP contribution is -2.50. The quantitative estimate of drug-likeness (QED) is 0.815. The molecule has 0 aromatic heterocycles. The van der Waals surface area contributed by atoms with Gasteiger partial charge in [-0.25, -0.2) is 0 Å². The molecule has 96 valence electrons. The first-order valence-electron chi connectivity index (χ1n) is 6.93. The van der Waals surface area contributed by atoms with Crippen LogP contribution in [0.15, 0.2) is 24.3 Å². The molecule has 18 heavy (non-hydrogen) atoms. The van der Waals surface area contributed by atoms with Crippen LogP contribution in [0.4, 0.5) is 0 Å². The van der Waals surface area contributed by atoms with Crippen molar-refractivity contribution in [2.75, 3.05) is 13.1 Å². The number of benzene rings is 1. The van der Waals surface area contributed by atoms with Crippen molar-refractivity contribution >= 4 is 5.91 Å². The number of nitrogens with one attached hydrogen (secondary N) is 1. The number of piperidine rings is 1. The minimum atomic E-state index is -0.0157. The van der Waals surface area contributed by atoms with Crippen LogP contribution in [0, 0.1) is 0 Å². The predicted octanol–water partition coefficient (Wildman–Crippen LogP) is 1.71. The number of likely N-dealkylation sites (tertiary alicyclic amines) is 1. The van der Waals surface area contributed by atoms with Gasteiger partial charge >= 0.3 is 0 Å². The molecule has 1 fully saturated rings. The SMILES string of the molecule is O=C(C1Cc2ccccc2CN1)N1CCCCC1. The Morgan fingerprint density at radius 2 is 1.83 bits per heavy atom. The largest absolute Gasteiger partial charge is 0.341 e. The van der Waals surface area contributed by atoms with Crippen LogP contribution in [-0.4, -0.2) is 29.9 Å². The lowest BCUT2D eigenvalue weighted by atomic mass is 9.95. The molecule has 1 unspecified atom stereocenters. The molecule has 3 heteroatoms. The fraction of sp³-hybridized carbons (Fsp3) is 0.533. The Balaban J connectivity index is 1.69. The molecule has 0 bridgehead atoms. The molecular formula is C15H20N2O. The van der Waals surface area contributed by atoms with Crippen LogP contribution in [0.1, 0.15) is 30.4 Å². The Morgan fingerprint density at radius 3 is 2.61 bits per heavy atom. The fourth-order valence-corrected chi connectivity index (χ4v) is 2.96. The highest BCUT2D eigenvalue weighted by atomic mass is 16.2. The molecule has 1 aromatic rings. The summed E-state index contributed by atoms with van der Waals surface area (Å²) in [6.07, 6.45) is 4.43. The number of hydrogen-bond acceptors (Lipinski definition) is 2. The van der Waals surface area contributed by atoms with E-state index in [0.717, 1.165) is 38.9 Å². The summed E-state index contributed by atoms with van der Waals surface area (Å²) in [5.41, 5.74) is 2.66. The molecule has 0 aliphatic carbocycles. The summed E-state index contributed by atoms with van der Waals surface area (Å²) in [4.78, 5) is 14.5. The Bertz CT molecular complexity index is 438. The van der Waals surface area contributed by atoms with E-state index in [2.05, 4.69) is 29.6 Å². The minimum Gasteiger partial charge on any atom is -0.341 e. The standard InChI is InChI=1S/C15H20N2O/c18-15(17-8-4-1-5-9-17)14-10-12-6-2-3-7-13(12)11-16-14/h2-3,6-7,14,16H,1,4-5,8-11H2. The van der Waals surface area contributed by atoms with Crippen LogP contribution in [0.2, 0.25) is 0 Å². The number of carbonyl (C=O) groups is 1. The van der Waals surface area contributed by atoms with E-state index in [1.54, 1.807) is 0 Å². The number of nitrogens with zero attached hydrogens (tertiary/aromatic N) is 1. The molecule has 1 amide bonds. The minimum absolute atomic E-state index is 0.0157. The first-order valence-corrected chi connectivity index (χ1v) is 6.93. The number of hydrogen-bond donors (Lipinski definition) is 1. The van der Waals surface area contributed by atoms with Crippen molar-refractivity contribution in [3.8, 4) is 0 Å². The molecular weight excluding hydrogens is 224 g/mol. The molecule has 1 atom stereocenters. The summed E-state index contributed by atoms with van der Waals surface area (Å²) in [5.74, 6) is 0.296. The van der Waals surface area contributed by atoms with Crippen LogP contribution in [-0.2, 0) is 17.8 Å². The van der Waals surface area contributed by atoms with E-state index >= 15 is 0 Å². The average molecular weight is 244 g/mol. The van der Waals surface area contributed by atoms with Gasteiger partial charge in [0.1, 0.15) is 0 Å². The fourth-order valence-electron chi connectivity index (χ4n) is 2.96. The van der Waals surface area contributed by atoms with E-state index in [-0.39, 0.29) is 6.04 Å². The van der Waals surface area contributed by atoms with Gasteiger partial charge in [0.05, 0.1) is 6.04 Å². The van der Waals surface area contributed by atoms with Crippen LogP contribution in [0.3, 0.4) is 0 Å². The molecule has 2 heterocycles. The maximum absolute atomic E-state index is 12.4. The van der Waals surface area contributed by atoms with E-state index in [1.165, 1.54) is 17.5 Å². The summed E-state index contributed by atoms with van der Waals surface area (Å²) in [6, 6.07) is 8.40. The first kappa shape index (κ1) is 11.7. The third kappa shape index (κ3) is 2.27. The number of amides is 1. The molecule has 0 spiro atoms. The van der Waals surface area contributed by atoms with Gasteiger partial charge in [-0.1, -0.05) is 24.3 Å². The zero-order chi connectivity index (χ0) is 12.4. The van der Waals surface area contributed by atoms with E-state index in [0.29, 0.717) is 5.91 Å². The van der Waals surface area contributed by atoms with Gasteiger partial charge in [-0.05, 0) is 36.8 Å². The molecule has 2 aliphatic rings. The van der Waals surface area contributed by atoms with E-state index in [1.807, 2.05) is 4.90 Å². The number of carbonyl (C=O) groups excluding carboxylic acids is 1. The van der Waals surface area contributed by atoms with Crippen molar-refractivity contribution in [3.63, 3.8) is 0 Å². The second-order valence-corrected chi connectivity index (χ2v) is 5.29. The molecule has 1 saturated heterocycles. The third-order valence-corrected chi connectivity index (χ3v) is 4.05. The van der Waals surface area contributed by atoms with Gasteiger partial charge in [0, 0.05) is 19.6 Å². The monoisotopic (exact) mass is 244 g/mol. The van der Waals surface area contributed by atoms with Crippen molar-refractivity contribution in [1.29, 1.82) is 0 Å². The maximum Gasteiger partial charge on any atom is 0.240 e. The van der Waals surface area contributed by atoms with Crippen molar-refractivity contribution in [3.05, 3.63) is 35.4 Å². The van der Waals surface area contributed by atoms with Crippen molar-refractivity contribution < 1.29 is 4.79 Å². The number of rotatable bonds is 1. The van der Waals surface area contributed by atoms with Gasteiger partial charge in [-0.2, -0.15) is 0 Å². The van der Waals surface area contributed by atoms with Gasteiger partial charge in [0.25, 0.3) is 0 Å². The highest BCUT2D eigenvalue weighted by molar-refractivity contribution is 5.82. The maximum atomic E-state index is 12.4. The summed E-state index contributed by atoms with van der Waals surface area (Å²) in [5, 5.41) is 3.38. The predicted molar refractivity (Wildman–Crippen MR) is 71.2 cm³/mol. The molecule has 1 N–H and O–H groups in total. The Kier molecular flexibility index (Phi) is 3.33. The average Bonchev–Trinajstić information content (AvgIpc) is 2.47. The lowest BCUT2D eigenvalue weighted by molar-refractivity contribution is -0.134. The van der Waals surface area contributed by atoms with Gasteiger partial charge in [0.2, 0.25) is 5.91 Å². The second kappa shape index (κ2) is 5.11. The van der Waals surface area contributed by atoms with Crippen LogP contribution >= 0.6 is 0 Å². The topological polar surface area (TPSA) is 32.3 Å². The Morgan fingerprint density at radius 1 is 1.11 bits per heavy atom. The molecule has 3 nitrogen and oxygen atoms in total. The molecule has 0 radical (unpaired) electrons. The second-order valence-electron chi connectivity index (χ2n) is 5.29. The zero-order valence-electron chi connectivity index (χ0n) is 10.7. The van der Waals surface area contributed by atoms with Crippen LogP contribution < -0.4 is 5.32 Å². The summed E-state index contributed by atoms with van der Waals surface area (Å²) >= 11 is 0. The van der Waals surface area contributed by atoms with E-state index in [4.69, 9.17) is 0 Å². The summed E-state index contributed by atoms with van der Waals surface area (Å²) < 4.78 is 0. The van der Waals surface area contributed by atoms with Gasteiger partial charge < -0.3 is 10.2 Å². The lowest BCUT2D eigenvalue weighted by Gasteiger charge is -2.33. The molecule has 0 saturated carbocycles. The number of fused-ring (bicyclic) bond motifs is 1. The molecule has 1 aromatic carbocycles. The first-order chi connectivity index (χ1) is 8.84. The summed E-state index contributed by atoms with van der Waals surface area (Å²) in [7, 11) is 0. The van der Waals surface area contributed by atoms with Gasteiger partial charge in [0.15, 0.2) is 0 Å². The van der Waals surface area contributed by atoms with Gasteiger partial charge in [-0.15, -0.1) is 0 Å². The zero-order valence-corrected chi connectivity index (χ0v) is 10.7. The normalized spacial score (nSPS) is 23.6. The molecule has 3 rings (SSSR count). The van der Waals surface area contributed by atoms with Gasteiger partial charge in [-0.3, -0.25) is 4.79 Å². The van der Waals surface area contributed by atoms with E-state index in [9.17, 15) is 4.79 Å².